The summed E-state index contributed by atoms with van der Waals surface area (Å²) in [6.07, 6.45) is 0.194. The number of halogens is 1. The summed E-state index contributed by atoms with van der Waals surface area (Å²) < 4.78 is 14.2. The van der Waals surface area contributed by atoms with Crippen LogP contribution in [-0.2, 0) is 22.6 Å². The highest BCUT2D eigenvalue weighted by Crippen LogP contribution is 2.27. The SMILES string of the molecule is CCOC(=O)Cc1ccccc1OCc1c2cc(Br)ccc2nn1C(C)C. The smallest absolute Gasteiger partial charge is 0.310 e. The molecule has 0 spiro atoms. The van der Waals surface area contributed by atoms with Crippen molar-refractivity contribution in [3.05, 3.63) is 58.2 Å². The van der Waals surface area contributed by atoms with Gasteiger partial charge in [-0.3, -0.25) is 9.48 Å². The topological polar surface area (TPSA) is 53.4 Å². The van der Waals surface area contributed by atoms with Gasteiger partial charge >= 0.3 is 5.97 Å². The number of hydrogen-bond donors (Lipinski definition) is 0. The molecular weight excluding hydrogens is 408 g/mol. The number of ether oxygens (including phenoxy) is 2. The fourth-order valence-electron chi connectivity index (χ4n) is 3.00. The molecule has 3 aromatic rings. The number of nitrogens with zero attached hydrogens (tertiary/aromatic N) is 2. The first kappa shape index (κ1) is 19.4. The number of aromatic nitrogens is 2. The average molecular weight is 431 g/mol. The zero-order valence-electron chi connectivity index (χ0n) is 15.7. The largest absolute Gasteiger partial charge is 0.487 e. The predicted octanol–water partition coefficient (Wildman–Crippen LogP) is 5.06. The molecule has 1 aromatic heterocycles. The van der Waals surface area contributed by atoms with Crippen molar-refractivity contribution in [3.8, 4) is 5.75 Å². The lowest BCUT2D eigenvalue weighted by molar-refractivity contribution is -0.142. The van der Waals surface area contributed by atoms with Crippen LogP contribution < -0.4 is 4.74 Å². The Bertz CT molecular complexity index is 950. The average Bonchev–Trinajstić information content (AvgIpc) is 2.99. The molecule has 0 fully saturated rings. The third-order valence-corrected chi connectivity index (χ3v) is 4.72. The van der Waals surface area contributed by atoms with Crippen LogP contribution in [0.1, 0.15) is 38.1 Å². The summed E-state index contributed by atoms with van der Waals surface area (Å²) in [5.41, 5.74) is 2.76. The fourth-order valence-corrected chi connectivity index (χ4v) is 3.36. The summed E-state index contributed by atoms with van der Waals surface area (Å²) in [7, 11) is 0. The highest BCUT2D eigenvalue weighted by atomic mass is 79.9. The number of hydrogen-bond acceptors (Lipinski definition) is 4. The summed E-state index contributed by atoms with van der Waals surface area (Å²) in [6, 6.07) is 13.8. The van der Waals surface area contributed by atoms with E-state index in [1.165, 1.54) is 0 Å². The second kappa shape index (κ2) is 8.57. The molecule has 0 N–H and O–H groups in total. The monoisotopic (exact) mass is 430 g/mol. The van der Waals surface area contributed by atoms with Crippen LogP contribution in [0.25, 0.3) is 10.9 Å². The first-order chi connectivity index (χ1) is 13.0. The summed E-state index contributed by atoms with van der Waals surface area (Å²) in [4.78, 5) is 11.9. The van der Waals surface area contributed by atoms with E-state index in [1.807, 2.05) is 41.1 Å². The number of esters is 1. The minimum absolute atomic E-state index is 0.194. The van der Waals surface area contributed by atoms with Gasteiger partial charge in [-0.15, -0.1) is 0 Å². The summed E-state index contributed by atoms with van der Waals surface area (Å²) in [5.74, 6) is 0.431. The zero-order valence-corrected chi connectivity index (χ0v) is 17.3. The number of para-hydroxylation sites is 1. The van der Waals surface area contributed by atoms with Crippen molar-refractivity contribution in [1.29, 1.82) is 0 Å². The van der Waals surface area contributed by atoms with Crippen LogP contribution >= 0.6 is 15.9 Å². The standard InChI is InChI=1S/C21H23BrN2O3/c1-4-26-21(25)11-15-7-5-6-8-20(15)27-13-19-17-12-16(22)9-10-18(17)23-24(19)14(2)3/h5-10,12,14H,4,11,13H2,1-3H3. The molecule has 0 saturated heterocycles. The molecule has 0 unspecified atom stereocenters. The molecule has 0 saturated carbocycles. The molecule has 0 aliphatic rings. The van der Waals surface area contributed by atoms with Crippen molar-refractivity contribution in [3.63, 3.8) is 0 Å². The first-order valence-corrected chi connectivity index (χ1v) is 9.81. The van der Waals surface area contributed by atoms with Crippen molar-refractivity contribution in [2.75, 3.05) is 6.61 Å². The molecule has 142 valence electrons. The van der Waals surface area contributed by atoms with Gasteiger partial charge in [0.25, 0.3) is 0 Å². The lowest BCUT2D eigenvalue weighted by atomic mass is 10.1. The summed E-state index contributed by atoms with van der Waals surface area (Å²) in [6.45, 7) is 6.73. The van der Waals surface area contributed by atoms with Crippen molar-refractivity contribution in [1.82, 2.24) is 9.78 Å². The molecular formula is C21H23BrN2O3. The highest BCUT2D eigenvalue weighted by molar-refractivity contribution is 9.10. The van der Waals surface area contributed by atoms with E-state index in [2.05, 4.69) is 35.8 Å². The molecule has 0 bridgehead atoms. The molecule has 1 heterocycles. The van der Waals surface area contributed by atoms with Gasteiger partial charge in [0.2, 0.25) is 0 Å². The van der Waals surface area contributed by atoms with E-state index in [9.17, 15) is 4.79 Å². The number of rotatable bonds is 7. The second-order valence-corrected chi connectivity index (χ2v) is 7.44. The Morgan fingerprint density at radius 1 is 1.22 bits per heavy atom. The van der Waals surface area contributed by atoms with Gasteiger partial charge in [0.15, 0.2) is 0 Å². The molecule has 0 aliphatic carbocycles. The molecule has 3 rings (SSSR count). The molecule has 0 radical (unpaired) electrons. The number of fused-ring (bicyclic) bond motifs is 1. The van der Waals surface area contributed by atoms with Gasteiger partial charge in [-0.05, 0) is 45.0 Å². The van der Waals surface area contributed by atoms with Gasteiger partial charge in [-0.25, -0.2) is 0 Å². The Balaban J connectivity index is 1.88. The normalized spacial score (nSPS) is 11.1. The second-order valence-electron chi connectivity index (χ2n) is 6.52. The molecule has 2 aromatic carbocycles. The van der Waals surface area contributed by atoms with Crippen molar-refractivity contribution in [2.45, 2.75) is 39.8 Å². The number of carbonyl (C=O) groups is 1. The lowest BCUT2D eigenvalue weighted by Gasteiger charge is -2.14. The van der Waals surface area contributed by atoms with Crippen LogP contribution in [-0.4, -0.2) is 22.4 Å². The van der Waals surface area contributed by atoms with Crippen LogP contribution in [0.2, 0.25) is 0 Å². The fraction of sp³-hybridized carbons (Fsp3) is 0.333. The van der Waals surface area contributed by atoms with Crippen LogP contribution in [0.3, 0.4) is 0 Å². The Kier molecular flexibility index (Phi) is 6.16. The molecule has 5 nitrogen and oxygen atoms in total. The Hall–Kier alpha value is -2.34. The van der Waals surface area contributed by atoms with E-state index in [4.69, 9.17) is 14.6 Å². The van der Waals surface area contributed by atoms with Crippen LogP contribution in [0.15, 0.2) is 46.9 Å². The van der Waals surface area contributed by atoms with E-state index in [0.717, 1.165) is 26.6 Å². The van der Waals surface area contributed by atoms with Gasteiger partial charge in [0.05, 0.1) is 24.2 Å². The van der Waals surface area contributed by atoms with E-state index >= 15 is 0 Å². The van der Waals surface area contributed by atoms with E-state index in [0.29, 0.717) is 19.0 Å². The van der Waals surface area contributed by atoms with Gasteiger partial charge in [-0.2, -0.15) is 5.10 Å². The molecule has 27 heavy (non-hydrogen) atoms. The highest BCUT2D eigenvalue weighted by Gasteiger charge is 2.16. The van der Waals surface area contributed by atoms with Gasteiger partial charge in [0, 0.05) is 21.5 Å². The Morgan fingerprint density at radius 2 is 2.00 bits per heavy atom. The maximum Gasteiger partial charge on any atom is 0.310 e. The van der Waals surface area contributed by atoms with E-state index in [1.54, 1.807) is 6.92 Å². The van der Waals surface area contributed by atoms with Crippen LogP contribution in [0.4, 0.5) is 0 Å². The van der Waals surface area contributed by atoms with Crippen molar-refractivity contribution < 1.29 is 14.3 Å². The minimum Gasteiger partial charge on any atom is -0.487 e. The van der Waals surface area contributed by atoms with Crippen LogP contribution in [0, 0.1) is 0 Å². The first-order valence-electron chi connectivity index (χ1n) is 9.02. The zero-order chi connectivity index (χ0) is 19.4. The quantitative estimate of drug-likeness (QED) is 0.491. The third-order valence-electron chi connectivity index (χ3n) is 4.23. The van der Waals surface area contributed by atoms with Crippen molar-refractivity contribution >= 4 is 32.8 Å². The van der Waals surface area contributed by atoms with Crippen LogP contribution in [0.5, 0.6) is 5.75 Å². The van der Waals surface area contributed by atoms with Gasteiger partial charge in [-0.1, -0.05) is 34.1 Å². The van der Waals surface area contributed by atoms with Gasteiger partial charge in [0.1, 0.15) is 12.4 Å². The lowest BCUT2D eigenvalue weighted by Crippen LogP contribution is -2.12. The molecule has 0 aliphatic heterocycles. The Labute approximate surface area is 167 Å². The maximum atomic E-state index is 11.9. The predicted molar refractivity (Wildman–Crippen MR) is 109 cm³/mol. The summed E-state index contributed by atoms with van der Waals surface area (Å²) in [5, 5.41) is 5.76. The van der Waals surface area contributed by atoms with E-state index in [-0.39, 0.29) is 18.4 Å². The maximum absolute atomic E-state index is 11.9. The third kappa shape index (κ3) is 4.50. The number of benzene rings is 2. The van der Waals surface area contributed by atoms with E-state index < -0.39 is 0 Å². The van der Waals surface area contributed by atoms with Gasteiger partial charge < -0.3 is 9.47 Å². The number of carbonyl (C=O) groups excluding carboxylic acids is 1. The molecule has 0 atom stereocenters. The molecule has 0 amide bonds. The Morgan fingerprint density at radius 3 is 2.74 bits per heavy atom. The van der Waals surface area contributed by atoms with Crippen molar-refractivity contribution in [2.24, 2.45) is 0 Å². The minimum atomic E-state index is -0.254. The summed E-state index contributed by atoms with van der Waals surface area (Å²) >= 11 is 3.53. The molecule has 6 heteroatoms.